The Morgan fingerprint density at radius 3 is 2.78 bits per heavy atom. The summed E-state index contributed by atoms with van der Waals surface area (Å²) < 4.78 is 0. The Kier molecular flexibility index (Phi) is 3.68. The van der Waals surface area contributed by atoms with E-state index in [0.717, 1.165) is 31.5 Å². The van der Waals surface area contributed by atoms with Crippen LogP contribution >= 0.6 is 0 Å². The Balaban J connectivity index is 1.90. The van der Waals surface area contributed by atoms with E-state index < -0.39 is 5.54 Å². The number of carbonyl (C=O) groups is 1. The van der Waals surface area contributed by atoms with Gasteiger partial charge in [-0.25, -0.2) is 0 Å². The van der Waals surface area contributed by atoms with Gasteiger partial charge in [-0.05, 0) is 44.9 Å². The second-order valence-corrected chi connectivity index (χ2v) is 4.79. The Hall–Kier alpha value is -1.80. The largest absolute Gasteiger partial charge is 0.348 e. The molecule has 1 aromatic rings. The number of rotatable bonds is 3. The number of H-pyrrole nitrogens is 1. The molecule has 5 heteroatoms. The predicted octanol–water partition coefficient (Wildman–Crippen LogP) is 1.63. The minimum Gasteiger partial charge on any atom is -0.348 e. The number of carbonyl (C=O) groups excluding carboxylic acids is 1. The number of aromatic amines is 1. The van der Waals surface area contributed by atoms with Crippen LogP contribution in [-0.2, 0) is 4.79 Å². The molecule has 96 valence electrons. The van der Waals surface area contributed by atoms with Crippen LogP contribution in [-0.4, -0.2) is 23.5 Å². The van der Waals surface area contributed by atoms with Crippen molar-refractivity contribution in [2.24, 2.45) is 5.92 Å². The lowest BCUT2D eigenvalue weighted by molar-refractivity contribution is -0.121. The molecule has 0 bridgehead atoms. The highest BCUT2D eigenvalue weighted by Crippen LogP contribution is 2.32. The van der Waals surface area contributed by atoms with E-state index in [9.17, 15) is 4.79 Å². The zero-order valence-corrected chi connectivity index (χ0v) is 10.5. The molecule has 18 heavy (non-hydrogen) atoms. The smallest absolute Gasteiger partial charge is 0.228 e. The first-order valence-electron chi connectivity index (χ1n) is 6.23. The number of nitrogens with zero attached hydrogens (tertiary/aromatic N) is 1. The van der Waals surface area contributed by atoms with Crippen LogP contribution < -0.4 is 10.6 Å². The Morgan fingerprint density at radius 2 is 2.28 bits per heavy atom. The summed E-state index contributed by atoms with van der Waals surface area (Å²) in [6, 6.07) is 6.00. The van der Waals surface area contributed by atoms with Crippen LogP contribution in [0.3, 0.4) is 0 Å². The lowest BCUT2D eigenvalue weighted by atomic mass is 9.77. The molecule has 1 heterocycles. The molecule has 1 aliphatic rings. The van der Waals surface area contributed by atoms with E-state index in [0.29, 0.717) is 0 Å². The number of aromatic nitrogens is 1. The van der Waals surface area contributed by atoms with Crippen LogP contribution in [0.5, 0.6) is 0 Å². The van der Waals surface area contributed by atoms with E-state index in [1.165, 1.54) is 0 Å². The van der Waals surface area contributed by atoms with Crippen molar-refractivity contribution in [3.63, 3.8) is 0 Å². The molecule has 1 saturated carbocycles. The first kappa shape index (κ1) is 12.7. The highest BCUT2D eigenvalue weighted by Gasteiger charge is 2.36. The van der Waals surface area contributed by atoms with Gasteiger partial charge in [0, 0.05) is 12.1 Å². The van der Waals surface area contributed by atoms with Gasteiger partial charge in [0.2, 0.25) is 5.91 Å². The van der Waals surface area contributed by atoms with Crippen molar-refractivity contribution in [3.8, 4) is 6.07 Å². The number of nitriles is 1. The molecule has 0 aliphatic heterocycles. The Morgan fingerprint density at radius 1 is 1.56 bits per heavy atom. The highest BCUT2D eigenvalue weighted by molar-refractivity contribution is 5.91. The van der Waals surface area contributed by atoms with Crippen molar-refractivity contribution in [1.82, 2.24) is 10.3 Å². The molecule has 1 aliphatic carbocycles. The lowest BCUT2D eigenvalue weighted by Gasteiger charge is -2.33. The van der Waals surface area contributed by atoms with Gasteiger partial charge >= 0.3 is 0 Å². The summed E-state index contributed by atoms with van der Waals surface area (Å²) >= 11 is 0. The standard InChI is InChI=1S/C13H18N4O/c1-15-13(9-14)6-4-10(5-7-13)12(18)17-11-3-2-8-16-11/h2-3,8,10,15-16H,4-7H2,1H3,(H,17,18). The molecule has 0 atom stereocenters. The van der Waals surface area contributed by atoms with E-state index >= 15 is 0 Å². The van der Waals surface area contributed by atoms with Crippen LogP contribution in [0.25, 0.3) is 0 Å². The van der Waals surface area contributed by atoms with E-state index in [2.05, 4.69) is 21.7 Å². The van der Waals surface area contributed by atoms with Crippen LogP contribution in [0.4, 0.5) is 5.82 Å². The third kappa shape index (κ3) is 2.54. The molecular weight excluding hydrogens is 228 g/mol. The van der Waals surface area contributed by atoms with Gasteiger partial charge in [0.15, 0.2) is 0 Å². The average Bonchev–Trinajstić information content (AvgIpc) is 2.91. The minimum absolute atomic E-state index is 0.00289. The second-order valence-electron chi connectivity index (χ2n) is 4.79. The molecule has 0 aromatic carbocycles. The summed E-state index contributed by atoms with van der Waals surface area (Å²) in [5.74, 6) is 0.772. The summed E-state index contributed by atoms with van der Waals surface area (Å²) in [6.45, 7) is 0. The first-order valence-corrected chi connectivity index (χ1v) is 6.23. The van der Waals surface area contributed by atoms with Crippen molar-refractivity contribution in [2.75, 3.05) is 12.4 Å². The molecule has 0 saturated heterocycles. The van der Waals surface area contributed by atoms with Crippen molar-refractivity contribution >= 4 is 11.7 Å². The molecular formula is C13H18N4O. The SMILES string of the molecule is CNC1(C#N)CCC(C(=O)Nc2ccc[nH]2)CC1. The Labute approximate surface area is 107 Å². The molecule has 5 nitrogen and oxygen atoms in total. The van der Waals surface area contributed by atoms with Gasteiger partial charge in [-0.2, -0.15) is 5.26 Å². The molecule has 2 rings (SSSR count). The summed E-state index contributed by atoms with van der Waals surface area (Å²) in [4.78, 5) is 15.0. The fourth-order valence-corrected chi connectivity index (χ4v) is 2.43. The molecule has 1 aromatic heterocycles. The minimum atomic E-state index is -0.441. The normalized spacial score (nSPS) is 27.4. The zero-order chi connectivity index (χ0) is 13.0. The second kappa shape index (κ2) is 5.23. The predicted molar refractivity (Wildman–Crippen MR) is 68.8 cm³/mol. The zero-order valence-electron chi connectivity index (χ0n) is 10.5. The number of hydrogen-bond acceptors (Lipinski definition) is 3. The fraction of sp³-hybridized carbons (Fsp3) is 0.538. The van der Waals surface area contributed by atoms with Gasteiger partial charge < -0.3 is 15.6 Å². The van der Waals surface area contributed by atoms with Crippen LogP contribution in [0.1, 0.15) is 25.7 Å². The maximum atomic E-state index is 12.0. The third-order valence-electron chi connectivity index (χ3n) is 3.76. The van der Waals surface area contributed by atoms with Gasteiger partial charge in [0.25, 0.3) is 0 Å². The maximum absolute atomic E-state index is 12.0. The van der Waals surface area contributed by atoms with Crippen LogP contribution in [0, 0.1) is 17.2 Å². The number of nitrogens with one attached hydrogen (secondary N) is 3. The van der Waals surface area contributed by atoms with Gasteiger partial charge in [0.1, 0.15) is 11.4 Å². The highest BCUT2D eigenvalue weighted by atomic mass is 16.1. The van der Waals surface area contributed by atoms with Crippen LogP contribution in [0.2, 0.25) is 0 Å². The van der Waals surface area contributed by atoms with Crippen molar-refractivity contribution < 1.29 is 4.79 Å². The lowest BCUT2D eigenvalue weighted by Crippen LogP contribution is -2.46. The van der Waals surface area contributed by atoms with Crippen molar-refractivity contribution in [1.29, 1.82) is 5.26 Å². The topological polar surface area (TPSA) is 80.7 Å². The summed E-state index contributed by atoms with van der Waals surface area (Å²) in [5.41, 5.74) is -0.441. The van der Waals surface area contributed by atoms with Gasteiger partial charge in [-0.15, -0.1) is 0 Å². The van der Waals surface area contributed by atoms with E-state index in [1.54, 1.807) is 6.20 Å². The van der Waals surface area contributed by atoms with E-state index in [1.807, 2.05) is 19.2 Å². The van der Waals surface area contributed by atoms with Crippen LogP contribution in [0.15, 0.2) is 18.3 Å². The molecule has 3 N–H and O–H groups in total. The average molecular weight is 246 g/mol. The molecule has 0 spiro atoms. The summed E-state index contributed by atoms with van der Waals surface area (Å²) in [7, 11) is 1.81. The van der Waals surface area contributed by atoms with E-state index in [4.69, 9.17) is 5.26 Å². The quantitative estimate of drug-likeness (QED) is 0.758. The number of hydrogen-bond donors (Lipinski definition) is 3. The Bertz CT molecular complexity index is 438. The molecule has 0 radical (unpaired) electrons. The van der Waals surface area contributed by atoms with Crippen molar-refractivity contribution in [3.05, 3.63) is 18.3 Å². The van der Waals surface area contributed by atoms with E-state index in [-0.39, 0.29) is 11.8 Å². The van der Waals surface area contributed by atoms with Gasteiger partial charge in [-0.1, -0.05) is 0 Å². The summed E-state index contributed by atoms with van der Waals surface area (Å²) in [6.07, 6.45) is 4.73. The molecule has 0 unspecified atom stereocenters. The maximum Gasteiger partial charge on any atom is 0.228 e. The molecule has 1 fully saturated rings. The van der Waals surface area contributed by atoms with Gasteiger partial charge in [-0.3, -0.25) is 4.79 Å². The third-order valence-corrected chi connectivity index (χ3v) is 3.76. The number of amides is 1. The number of anilines is 1. The monoisotopic (exact) mass is 246 g/mol. The van der Waals surface area contributed by atoms with Gasteiger partial charge in [0.05, 0.1) is 6.07 Å². The first-order chi connectivity index (χ1) is 8.69. The fourth-order valence-electron chi connectivity index (χ4n) is 2.43. The van der Waals surface area contributed by atoms with Crippen molar-refractivity contribution in [2.45, 2.75) is 31.2 Å². The summed E-state index contributed by atoms with van der Waals surface area (Å²) in [5, 5.41) is 15.1. The molecule has 1 amide bonds.